The lowest BCUT2D eigenvalue weighted by atomic mass is 9.79. The zero-order valence-corrected chi connectivity index (χ0v) is 15.1. The number of thiophene rings is 1. The highest BCUT2D eigenvalue weighted by molar-refractivity contribution is 7.19. The summed E-state index contributed by atoms with van der Waals surface area (Å²) >= 11 is 1.84. The molecule has 4 rings (SSSR count). The van der Waals surface area contributed by atoms with Crippen LogP contribution in [0.15, 0.2) is 60.7 Å². The van der Waals surface area contributed by atoms with Crippen molar-refractivity contribution in [1.29, 1.82) is 0 Å². The lowest BCUT2D eigenvalue weighted by Gasteiger charge is -2.36. The predicted molar refractivity (Wildman–Crippen MR) is 102 cm³/mol. The molecule has 3 aromatic rings. The molecular formula is C20H21BO2S. The summed E-state index contributed by atoms with van der Waals surface area (Å²) in [4.78, 5) is 1.34. The van der Waals surface area contributed by atoms with Crippen LogP contribution < -0.4 is 5.46 Å². The van der Waals surface area contributed by atoms with E-state index in [2.05, 4.69) is 63.2 Å². The maximum absolute atomic E-state index is 6.43. The van der Waals surface area contributed by atoms with Crippen molar-refractivity contribution in [3.63, 3.8) is 0 Å². The molecule has 1 aliphatic rings. The van der Waals surface area contributed by atoms with Gasteiger partial charge in [0.15, 0.2) is 0 Å². The highest BCUT2D eigenvalue weighted by Crippen LogP contribution is 2.41. The van der Waals surface area contributed by atoms with Crippen molar-refractivity contribution < 1.29 is 9.31 Å². The molecule has 0 saturated carbocycles. The summed E-state index contributed by atoms with van der Waals surface area (Å²) in [5.74, 6) is 0. The van der Waals surface area contributed by atoms with Crippen LogP contribution in [0, 0.1) is 0 Å². The van der Waals surface area contributed by atoms with Crippen LogP contribution in [0.3, 0.4) is 0 Å². The highest BCUT2D eigenvalue weighted by atomic mass is 32.1. The van der Waals surface area contributed by atoms with Crippen molar-refractivity contribution in [3.8, 4) is 0 Å². The van der Waals surface area contributed by atoms with Crippen molar-refractivity contribution in [1.82, 2.24) is 0 Å². The van der Waals surface area contributed by atoms with Gasteiger partial charge in [0.05, 0.1) is 11.2 Å². The van der Waals surface area contributed by atoms with E-state index in [0.717, 1.165) is 11.9 Å². The molecule has 0 N–H and O–H groups in total. The van der Waals surface area contributed by atoms with Crippen LogP contribution in [-0.2, 0) is 15.7 Å². The second kappa shape index (κ2) is 5.73. The third-order valence-corrected chi connectivity index (χ3v) is 6.22. The van der Waals surface area contributed by atoms with E-state index >= 15 is 0 Å². The monoisotopic (exact) mass is 336 g/mol. The first-order chi connectivity index (χ1) is 11.5. The van der Waals surface area contributed by atoms with Crippen molar-refractivity contribution in [3.05, 3.63) is 65.5 Å². The molecule has 1 fully saturated rings. The molecule has 1 aromatic heterocycles. The van der Waals surface area contributed by atoms with Gasteiger partial charge in [-0.05, 0) is 43.8 Å². The Morgan fingerprint density at radius 2 is 1.62 bits per heavy atom. The number of hydrogen-bond donors (Lipinski definition) is 0. The van der Waals surface area contributed by atoms with Gasteiger partial charge in [0.1, 0.15) is 0 Å². The molecule has 1 unspecified atom stereocenters. The molecule has 4 heteroatoms. The van der Waals surface area contributed by atoms with Crippen LogP contribution in [-0.4, -0.2) is 18.3 Å². The standard InChI is InChI=1S/C20H21BO2S/c1-19(2)20(3,23-21(22-19)16-10-5-4-6-11-16)14-17-13-15-9-7-8-12-18(15)24-17/h4-13H,14H2,1-3H3. The molecule has 2 nitrogen and oxygen atoms in total. The molecule has 0 amide bonds. The topological polar surface area (TPSA) is 18.5 Å². The minimum atomic E-state index is -0.367. The van der Waals surface area contributed by atoms with Gasteiger partial charge in [0, 0.05) is 16.0 Å². The maximum atomic E-state index is 6.43. The fraction of sp³-hybridized carbons (Fsp3) is 0.300. The molecule has 2 aromatic carbocycles. The van der Waals surface area contributed by atoms with Crippen LogP contribution in [0.1, 0.15) is 25.6 Å². The van der Waals surface area contributed by atoms with Gasteiger partial charge in [-0.2, -0.15) is 0 Å². The Hall–Kier alpha value is -1.62. The zero-order chi connectivity index (χ0) is 16.8. The number of hydrogen-bond acceptors (Lipinski definition) is 3. The molecule has 0 radical (unpaired) electrons. The minimum Gasteiger partial charge on any atom is -0.399 e. The predicted octanol–water partition coefficient (Wildman–Crippen LogP) is 4.42. The summed E-state index contributed by atoms with van der Waals surface area (Å²) in [6, 6.07) is 21.0. The fourth-order valence-corrected chi connectivity index (χ4v) is 4.46. The summed E-state index contributed by atoms with van der Waals surface area (Å²) in [6.07, 6.45) is 0.850. The third kappa shape index (κ3) is 2.69. The zero-order valence-electron chi connectivity index (χ0n) is 14.3. The van der Waals surface area contributed by atoms with Gasteiger partial charge >= 0.3 is 7.12 Å². The largest absolute Gasteiger partial charge is 0.494 e. The smallest absolute Gasteiger partial charge is 0.399 e. The van der Waals surface area contributed by atoms with E-state index < -0.39 is 0 Å². The summed E-state index contributed by atoms with van der Waals surface area (Å²) in [7, 11) is -0.305. The summed E-state index contributed by atoms with van der Waals surface area (Å²) < 4.78 is 14.0. The molecule has 122 valence electrons. The van der Waals surface area contributed by atoms with E-state index in [1.807, 2.05) is 29.5 Å². The molecule has 0 aliphatic carbocycles. The van der Waals surface area contributed by atoms with Crippen LogP contribution >= 0.6 is 11.3 Å². The van der Waals surface area contributed by atoms with Gasteiger partial charge in [-0.25, -0.2) is 0 Å². The normalized spacial score (nSPS) is 23.0. The Labute approximate surface area is 147 Å². The number of benzene rings is 2. The Bertz CT molecular complexity index is 825. The number of fused-ring (bicyclic) bond motifs is 1. The van der Waals surface area contributed by atoms with Crippen molar-refractivity contribution in [2.45, 2.75) is 38.4 Å². The molecule has 2 heterocycles. The van der Waals surface area contributed by atoms with Crippen LogP contribution in [0.2, 0.25) is 0 Å². The van der Waals surface area contributed by atoms with Crippen molar-refractivity contribution in [2.75, 3.05) is 0 Å². The van der Waals surface area contributed by atoms with Gasteiger partial charge in [-0.15, -0.1) is 11.3 Å². The van der Waals surface area contributed by atoms with E-state index in [0.29, 0.717) is 0 Å². The average molecular weight is 336 g/mol. The first kappa shape index (κ1) is 15.9. The second-order valence-electron chi connectivity index (χ2n) is 7.15. The van der Waals surface area contributed by atoms with Gasteiger partial charge in [0.25, 0.3) is 0 Å². The molecule has 1 saturated heterocycles. The van der Waals surface area contributed by atoms with Gasteiger partial charge in [-0.3, -0.25) is 0 Å². The van der Waals surface area contributed by atoms with Crippen molar-refractivity contribution in [2.24, 2.45) is 0 Å². The maximum Gasteiger partial charge on any atom is 0.494 e. The highest BCUT2D eigenvalue weighted by Gasteiger charge is 2.54. The number of rotatable bonds is 3. The summed E-state index contributed by atoms with van der Waals surface area (Å²) in [5, 5.41) is 1.30. The van der Waals surface area contributed by atoms with Crippen LogP contribution in [0.25, 0.3) is 10.1 Å². The van der Waals surface area contributed by atoms with E-state index in [4.69, 9.17) is 9.31 Å². The van der Waals surface area contributed by atoms with E-state index in [1.165, 1.54) is 15.0 Å². The van der Waals surface area contributed by atoms with Gasteiger partial charge < -0.3 is 9.31 Å². The molecular weight excluding hydrogens is 315 g/mol. The molecule has 0 bridgehead atoms. The lowest BCUT2D eigenvalue weighted by molar-refractivity contribution is -0.00818. The Morgan fingerprint density at radius 3 is 2.38 bits per heavy atom. The van der Waals surface area contributed by atoms with E-state index in [-0.39, 0.29) is 18.3 Å². The van der Waals surface area contributed by atoms with E-state index in [1.54, 1.807) is 0 Å². The third-order valence-electron chi connectivity index (χ3n) is 5.10. The average Bonchev–Trinajstić information content (AvgIpc) is 3.06. The fourth-order valence-electron chi connectivity index (χ4n) is 3.25. The summed E-state index contributed by atoms with van der Waals surface area (Å²) in [5.41, 5.74) is 0.351. The second-order valence-corrected chi connectivity index (χ2v) is 8.32. The quantitative estimate of drug-likeness (QED) is 0.659. The van der Waals surface area contributed by atoms with Gasteiger partial charge in [-0.1, -0.05) is 48.5 Å². The van der Waals surface area contributed by atoms with Gasteiger partial charge in [0.2, 0.25) is 0 Å². The molecule has 24 heavy (non-hydrogen) atoms. The van der Waals surface area contributed by atoms with E-state index in [9.17, 15) is 0 Å². The molecule has 0 spiro atoms. The Balaban J connectivity index is 1.63. The lowest BCUT2D eigenvalue weighted by Crippen LogP contribution is -2.46. The van der Waals surface area contributed by atoms with Crippen LogP contribution in [0.5, 0.6) is 0 Å². The summed E-state index contributed by atoms with van der Waals surface area (Å²) in [6.45, 7) is 6.42. The molecule has 1 atom stereocenters. The Morgan fingerprint density at radius 1 is 0.917 bits per heavy atom. The first-order valence-electron chi connectivity index (χ1n) is 8.35. The van der Waals surface area contributed by atoms with Crippen molar-refractivity contribution >= 4 is 34.0 Å². The SMILES string of the molecule is CC1(C)OB(c2ccccc2)OC1(C)Cc1cc2ccccc2s1. The minimum absolute atomic E-state index is 0.305. The Kier molecular flexibility index (Phi) is 3.79. The van der Waals surface area contributed by atoms with Crippen LogP contribution in [0.4, 0.5) is 0 Å². The molecule has 1 aliphatic heterocycles. The first-order valence-corrected chi connectivity index (χ1v) is 9.17.